The molecule has 0 atom stereocenters. The molecule has 10 heteroatoms. The molecule has 112 valence electrons. The van der Waals surface area contributed by atoms with Crippen molar-refractivity contribution in [3.63, 3.8) is 0 Å². The number of halogens is 3. The van der Waals surface area contributed by atoms with E-state index in [2.05, 4.69) is 4.74 Å². The van der Waals surface area contributed by atoms with Crippen LogP contribution in [0.4, 0.5) is 18.9 Å². The molecule has 1 aromatic rings. The summed E-state index contributed by atoms with van der Waals surface area (Å²) in [7, 11) is -5.57. The summed E-state index contributed by atoms with van der Waals surface area (Å²) in [6.45, 7) is 1.51. The number of rotatable bonds is 4. The molecule has 0 aliphatic heterocycles. The van der Waals surface area contributed by atoms with Gasteiger partial charge in [0.05, 0.1) is 17.9 Å². The third-order valence-electron chi connectivity index (χ3n) is 2.05. The number of nitrogens with zero attached hydrogens (tertiary/aromatic N) is 1. The zero-order valence-electron chi connectivity index (χ0n) is 10.1. The van der Waals surface area contributed by atoms with Crippen LogP contribution in [0.2, 0.25) is 0 Å². The van der Waals surface area contributed by atoms with Gasteiger partial charge in [-0.05, 0) is 25.1 Å². The van der Waals surface area contributed by atoms with Crippen molar-refractivity contribution in [2.24, 2.45) is 0 Å². The number of anilines is 1. The maximum Gasteiger partial charge on any atom is 0.500 e. The van der Waals surface area contributed by atoms with E-state index in [-0.39, 0.29) is 12.2 Å². The van der Waals surface area contributed by atoms with Crippen molar-refractivity contribution < 1.29 is 35.7 Å². The Morgan fingerprint density at radius 1 is 1.40 bits per heavy atom. The first-order chi connectivity index (χ1) is 9.07. The number of carbonyl (C=O) groups excluding carboxylic acids is 1. The van der Waals surface area contributed by atoms with Crippen molar-refractivity contribution in [1.29, 1.82) is 0 Å². The van der Waals surface area contributed by atoms with Crippen LogP contribution in [0.25, 0.3) is 0 Å². The summed E-state index contributed by atoms with van der Waals surface area (Å²) in [5.41, 5.74) is -1.20. The van der Waals surface area contributed by atoms with Crippen molar-refractivity contribution in [3.05, 3.63) is 29.8 Å². The summed E-state index contributed by atoms with van der Waals surface area (Å²) < 4.78 is 71.7. The van der Waals surface area contributed by atoms with E-state index in [0.29, 0.717) is 6.07 Å². The Kier molecular flexibility index (Phi) is 4.61. The minimum absolute atomic E-state index is 0.00431. The third-order valence-corrected chi connectivity index (χ3v) is 2.93. The smallest absolute Gasteiger partial charge is 0.462 e. The second kappa shape index (κ2) is 5.67. The minimum atomic E-state index is -5.57. The molecule has 0 heterocycles. The highest BCUT2D eigenvalue weighted by Gasteiger charge is 2.45. The van der Waals surface area contributed by atoms with Gasteiger partial charge in [0.25, 0.3) is 0 Å². The summed E-state index contributed by atoms with van der Waals surface area (Å²) in [6, 6.07) is 3.62. The fourth-order valence-electron chi connectivity index (χ4n) is 1.38. The molecule has 1 rings (SSSR count). The van der Waals surface area contributed by atoms with Crippen LogP contribution in [0.15, 0.2) is 24.3 Å². The van der Waals surface area contributed by atoms with E-state index in [1.807, 2.05) is 0 Å². The van der Waals surface area contributed by atoms with E-state index < -0.39 is 32.6 Å². The van der Waals surface area contributed by atoms with Gasteiger partial charge in [-0.25, -0.2) is 4.79 Å². The molecule has 0 aliphatic carbocycles. The van der Waals surface area contributed by atoms with Crippen LogP contribution in [0.5, 0.6) is 0 Å². The minimum Gasteiger partial charge on any atom is -0.462 e. The Labute approximate surface area is 112 Å². The Morgan fingerprint density at radius 3 is 2.45 bits per heavy atom. The Balaban J connectivity index is 3.30. The average Bonchev–Trinajstić information content (AvgIpc) is 2.25. The van der Waals surface area contributed by atoms with Crippen LogP contribution in [0, 0.1) is 0 Å². The molecule has 1 aromatic carbocycles. The average molecular weight is 313 g/mol. The third kappa shape index (κ3) is 3.84. The Bertz CT molecular complexity index is 599. The first-order valence-electron chi connectivity index (χ1n) is 5.19. The van der Waals surface area contributed by atoms with E-state index >= 15 is 0 Å². The zero-order valence-corrected chi connectivity index (χ0v) is 10.9. The number of hydrogen-bond donors (Lipinski definition) is 1. The molecule has 6 nitrogen and oxygen atoms in total. The van der Waals surface area contributed by atoms with Gasteiger partial charge >= 0.3 is 22.6 Å². The monoisotopic (exact) mass is 313 g/mol. The summed E-state index contributed by atoms with van der Waals surface area (Å²) >= 11 is 0. The lowest BCUT2D eigenvalue weighted by atomic mass is 10.2. The van der Waals surface area contributed by atoms with Gasteiger partial charge in [-0.1, -0.05) is 6.07 Å². The summed E-state index contributed by atoms with van der Waals surface area (Å²) in [4.78, 5) is 11.4. The first-order valence-corrected chi connectivity index (χ1v) is 6.59. The van der Waals surface area contributed by atoms with Crippen LogP contribution in [-0.4, -0.2) is 31.8 Å². The number of esters is 1. The maximum atomic E-state index is 12.7. The highest BCUT2D eigenvalue weighted by atomic mass is 32.2. The van der Waals surface area contributed by atoms with Gasteiger partial charge in [-0.15, -0.1) is 13.2 Å². The molecule has 0 fully saturated rings. The molecule has 0 aromatic heterocycles. The molecule has 0 saturated heterocycles. The number of carbonyl (C=O) groups is 1. The predicted octanol–water partition coefficient (Wildman–Crippen LogP) is 1.99. The molecule has 0 aliphatic rings. The van der Waals surface area contributed by atoms with Gasteiger partial charge in [0.1, 0.15) is 0 Å². The first kappa shape index (κ1) is 16.2. The molecule has 0 spiro atoms. The molecule has 20 heavy (non-hydrogen) atoms. The van der Waals surface area contributed by atoms with Crippen LogP contribution in [-0.2, 0) is 15.0 Å². The van der Waals surface area contributed by atoms with E-state index in [1.165, 1.54) is 6.92 Å². The van der Waals surface area contributed by atoms with Crippen molar-refractivity contribution in [2.45, 2.75) is 13.2 Å². The van der Waals surface area contributed by atoms with Crippen molar-refractivity contribution in [1.82, 2.24) is 0 Å². The molecular weight excluding hydrogens is 303 g/mol. The standard InChI is InChI=1S/C10H10F3NO5S/c1-2-19-9(15)7-4-3-5-8(6-7)14(10(11,12)13)20(16,17)18/h3-6H,2H2,1H3,(H,16,17,18). The SMILES string of the molecule is CCOC(=O)c1cccc(N(C(F)(F)F)S(=O)(=O)O)c1. The van der Waals surface area contributed by atoms with Crippen molar-refractivity contribution >= 4 is 22.0 Å². The van der Waals surface area contributed by atoms with Crippen LogP contribution in [0.1, 0.15) is 17.3 Å². The molecule has 0 bridgehead atoms. The fraction of sp³-hybridized carbons (Fsp3) is 0.300. The predicted molar refractivity (Wildman–Crippen MR) is 62.5 cm³/mol. The van der Waals surface area contributed by atoms with E-state index in [4.69, 9.17) is 4.55 Å². The number of ether oxygens (including phenoxy) is 1. The van der Waals surface area contributed by atoms with Gasteiger partial charge < -0.3 is 4.74 Å². The summed E-state index contributed by atoms with van der Waals surface area (Å²) in [5, 5.41) is 0. The van der Waals surface area contributed by atoms with E-state index in [1.54, 1.807) is 0 Å². The number of hydrogen-bond acceptors (Lipinski definition) is 4. The Morgan fingerprint density at radius 2 is 2.00 bits per heavy atom. The van der Waals surface area contributed by atoms with Gasteiger partial charge in [0.2, 0.25) is 0 Å². The van der Waals surface area contributed by atoms with Crippen molar-refractivity contribution in [3.8, 4) is 0 Å². The molecule has 0 radical (unpaired) electrons. The number of alkyl halides is 3. The topological polar surface area (TPSA) is 83.9 Å². The van der Waals surface area contributed by atoms with Gasteiger partial charge in [-0.2, -0.15) is 12.7 Å². The lowest BCUT2D eigenvalue weighted by molar-refractivity contribution is -0.116. The van der Waals surface area contributed by atoms with Gasteiger partial charge in [-0.3, -0.25) is 4.55 Å². The van der Waals surface area contributed by atoms with Crippen LogP contribution in [0.3, 0.4) is 0 Å². The molecule has 0 amide bonds. The quantitative estimate of drug-likeness (QED) is 0.522. The lowest BCUT2D eigenvalue weighted by Crippen LogP contribution is -2.42. The van der Waals surface area contributed by atoms with E-state index in [0.717, 1.165) is 18.2 Å². The highest BCUT2D eigenvalue weighted by Crippen LogP contribution is 2.31. The zero-order chi connectivity index (χ0) is 15.6. The number of benzene rings is 1. The summed E-state index contributed by atoms with van der Waals surface area (Å²) in [6.07, 6.45) is -5.37. The lowest BCUT2D eigenvalue weighted by Gasteiger charge is -2.23. The fourth-order valence-corrected chi connectivity index (χ4v) is 2.03. The molecule has 0 unspecified atom stereocenters. The van der Waals surface area contributed by atoms with E-state index in [9.17, 15) is 26.4 Å². The second-order valence-corrected chi connectivity index (χ2v) is 4.74. The van der Waals surface area contributed by atoms with Crippen LogP contribution < -0.4 is 4.31 Å². The maximum absolute atomic E-state index is 12.7. The highest BCUT2D eigenvalue weighted by molar-refractivity contribution is 7.87. The normalized spacial score (nSPS) is 12.1. The summed E-state index contributed by atoms with van der Waals surface area (Å²) in [5.74, 6) is -0.910. The van der Waals surface area contributed by atoms with Gasteiger partial charge in [0, 0.05) is 0 Å². The second-order valence-electron chi connectivity index (χ2n) is 3.48. The van der Waals surface area contributed by atoms with Gasteiger partial charge in [0.15, 0.2) is 0 Å². The largest absolute Gasteiger partial charge is 0.500 e. The molecular formula is C10H10F3NO5S. The molecule has 0 saturated carbocycles. The Hall–Kier alpha value is -1.81. The molecule has 1 N–H and O–H groups in total. The van der Waals surface area contributed by atoms with Crippen LogP contribution >= 0.6 is 0 Å². The van der Waals surface area contributed by atoms with Crippen molar-refractivity contribution in [2.75, 3.05) is 10.9 Å².